The van der Waals surface area contributed by atoms with Crippen molar-refractivity contribution < 1.29 is 0 Å². The molecule has 1 rings (SSSR count). The van der Waals surface area contributed by atoms with Crippen molar-refractivity contribution in [1.82, 2.24) is 10.2 Å². The molecule has 0 amide bonds. The van der Waals surface area contributed by atoms with Crippen molar-refractivity contribution in [3.63, 3.8) is 0 Å². The van der Waals surface area contributed by atoms with Crippen LogP contribution in [0.4, 0.5) is 0 Å². The summed E-state index contributed by atoms with van der Waals surface area (Å²) in [5, 5.41) is 3.69. The molecule has 16 heavy (non-hydrogen) atoms. The Morgan fingerprint density at radius 2 is 1.94 bits per heavy atom. The summed E-state index contributed by atoms with van der Waals surface area (Å²) in [5.41, 5.74) is 0.354. The molecular formula is C14H30N2. The van der Waals surface area contributed by atoms with E-state index in [2.05, 4.69) is 45.0 Å². The summed E-state index contributed by atoms with van der Waals surface area (Å²) < 4.78 is 0. The molecule has 0 heterocycles. The molecule has 1 saturated carbocycles. The van der Waals surface area contributed by atoms with Gasteiger partial charge in [-0.2, -0.15) is 0 Å². The average Bonchev–Trinajstić information content (AvgIpc) is 2.94. The summed E-state index contributed by atoms with van der Waals surface area (Å²) in [5.74, 6) is 0.997. The first-order valence-corrected chi connectivity index (χ1v) is 6.85. The molecule has 0 radical (unpaired) electrons. The van der Waals surface area contributed by atoms with Crippen LogP contribution in [0.25, 0.3) is 0 Å². The first-order valence-electron chi connectivity index (χ1n) is 6.85. The Morgan fingerprint density at radius 1 is 1.31 bits per heavy atom. The third-order valence-electron chi connectivity index (χ3n) is 3.45. The number of hydrogen-bond donors (Lipinski definition) is 1. The molecule has 1 unspecified atom stereocenters. The average molecular weight is 226 g/mol. The molecule has 2 heteroatoms. The van der Waals surface area contributed by atoms with Crippen LogP contribution < -0.4 is 5.32 Å². The molecule has 0 spiro atoms. The first-order chi connectivity index (χ1) is 7.43. The summed E-state index contributed by atoms with van der Waals surface area (Å²) in [6, 6.07) is 0.608. The second-order valence-corrected chi connectivity index (χ2v) is 6.54. The lowest BCUT2D eigenvalue weighted by molar-refractivity contribution is 0.191. The van der Waals surface area contributed by atoms with Crippen LogP contribution in [0.3, 0.4) is 0 Å². The lowest BCUT2D eigenvalue weighted by Gasteiger charge is -2.35. The van der Waals surface area contributed by atoms with E-state index in [0.717, 1.165) is 12.5 Å². The number of likely N-dealkylation sites (N-methyl/N-ethyl adjacent to an activating group) is 1. The van der Waals surface area contributed by atoms with Gasteiger partial charge in [-0.1, -0.05) is 27.7 Å². The SMILES string of the molecule is CCCNC(CN(C)CC1CC1)C(C)(C)C. The van der Waals surface area contributed by atoms with Crippen LogP contribution in [0, 0.1) is 11.3 Å². The van der Waals surface area contributed by atoms with Gasteiger partial charge in [-0.05, 0) is 44.2 Å². The molecule has 1 aliphatic rings. The van der Waals surface area contributed by atoms with E-state index in [0.29, 0.717) is 11.5 Å². The Hall–Kier alpha value is -0.0800. The third-order valence-corrected chi connectivity index (χ3v) is 3.45. The molecule has 0 aliphatic heterocycles. The fourth-order valence-corrected chi connectivity index (χ4v) is 2.09. The second kappa shape index (κ2) is 6.02. The highest BCUT2D eigenvalue weighted by Crippen LogP contribution is 2.30. The van der Waals surface area contributed by atoms with E-state index in [9.17, 15) is 0 Å². The molecule has 1 N–H and O–H groups in total. The van der Waals surface area contributed by atoms with Crippen molar-refractivity contribution in [3.05, 3.63) is 0 Å². The maximum atomic E-state index is 3.69. The predicted octanol–water partition coefficient (Wildman–Crippen LogP) is 2.74. The topological polar surface area (TPSA) is 15.3 Å². The van der Waals surface area contributed by atoms with Crippen molar-refractivity contribution in [2.24, 2.45) is 11.3 Å². The molecule has 2 nitrogen and oxygen atoms in total. The summed E-state index contributed by atoms with van der Waals surface area (Å²) >= 11 is 0. The van der Waals surface area contributed by atoms with Gasteiger partial charge < -0.3 is 10.2 Å². The van der Waals surface area contributed by atoms with E-state index < -0.39 is 0 Å². The molecule has 1 aliphatic carbocycles. The van der Waals surface area contributed by atoms with Gasteiger partial charge in [-0.3, -0.25) is 0 Å². The Kier molecular flexibility index (Phi) is 5.26. The molecule has 0 bridgehead atoms. The quantitative estimate of drug-likeness (QED) is 0.718. The Bertz CT molecular complexity index is 191. The van der Waals surface area contributed by atoms with Gasteiger partial charge in [0.15, 0.2) is 0 Å². The van der Waals surface area contributed by atoms with Gasteiger partial charge in [-0.25, -0.2) is 0 Å². The van der Waals surface area contributed by atoms with Crippen molar-refractivity contribution in [2.45, 2.75) is 53.0 Å². The van der Waals surface area contributed by atoms with Crippen LogP contribution in [0.15, 0.2) is 0 Å². The summed E-state index contributed by atoms with van der Waals surface area (Å²) in [4.78, 5) is 2.51. The van der Waals surface area contributed by atoms with Crippen molar-refractivity contribution in [1.29, 1.82) is 0 Å². The van der Waals surface area contributed by atoms with E-state index in [1.165, 1.54) is 32.4 Å². The Labute approximate surface area is 102 Å². The lowest BCUT2D eigenvalue weighted by atomic mass is 9.86. The molecule has 0 aromatic carbocycles. The number of nitrogens with one attached hydrogen (secondary N) is 1. The zero-order chi connectivity index (χ0) is 12.2. The zero-order valence-electron chi connectivity index (χ0n) is 11.8. The molecule has 1 fully saturated rings. The van der Waals surface area contributed by atoms with Gasteiger partial charge >= 0.3 is 0 Å². The van der Waals surface area contributed by atoms with E-state index in [1.54, 1.807) is 0 Å². The van der Waals surface area contributed by atoms with Crippen LogP contribution in [0.2, 0.25) is 0 Å². The molecule has 96 valence electrons. The molecule has 1 atom stereocenters. The summed E-state index contributed by atoms with van der Waals surface area (Å²) in [7, 11) is 2.27. The minimum atomic E-state index is 0.354. The fraction of sp³-hybridized carbons (Fsp3) is 1.00. The summed E-state index contributed by atoms with van der Waals surface area (Å²) in [6.45, 7) is 12.9. The predicted molar refractivity (Wildman–Crippen MR) is 71.8 cm³/mol. The molecule has 0 saturated heterocycles. The van der Waals surface area contributed by atoms with Gasteiger partial charge in [0, 0.05) is 19.1 Å². The van der Waals surface area contributed by atoms with Crippen LogP contribution >= 0.6 is 0 Å². The maximum Gasteiger partial charge on any atom is 0.0243 e. The minimum absolute atomic E-state index is 0.354. The zero-order valence-corrected chi connectivity index (χ0v) is 11.8. The Balaban J connectivity index is 2.34. The van der Waals surface area contributed by atoms with Crippen LogP contribution in [0.1, 0.15) is 47.0 Å². The van der Waals surface area contributed by atoms with Gasteiger partial charge in [0.1, 0.15) is 0 Å². The van der Waals surface area contributed by atoms with Gasteiger partial charge in [0.2, 0.25) is 0 Å². The number of rotatable bonds is 7. The van der Waals surface area contributed by atoms with Crippen LogP contribution in [0.5, 0.6) is 0 Å². The van der Waals surface area contributed by atoms with E-state index in [4.69, 9.17) is 0 Å². The molecule has 0 aromatic rings. The standard InChI is InChI=1S/C14H30N2/c1-6-9-15-13(14(2,3)4)11-16(5)10-12-7-8-12/h12-13,15H,6-11H2,1-5H3. The smallest absolute Gasteiger partial charge is 0.0243 e. The van der Waals surface area contributed by atoms with Crippen molar-refractivity contribution in [3.8, 4) is 0 Å². The normalized spacial score (nSPS) is 19.1. The summed E-state index contributed by atoms with van der Waals surface area (Å²) in [6.07, 6.45) is 4.12. The minimum Gasteiger partial charge on any atom is -0.312 e. The first kappa shape index (κ1) is 14.0. The van der Waals surface area contributed by atoms with E-state index in [-0.39, 0.29) is 0 Å². The monoisotopic (exact) mass is 226 g/mol. The van der Waals surface area contributed by atoms with Gasteiger partial charge in [0.25, 0.3) is 0 Å². The van der Waals surface area contributed by atoms with Gasteiger partial charge in [0.05, 0.1) is 0 Å². The highest BCUT2D eigenvalue weighted by molar-refractivity contribution is 4.84. The maximum absolute atomic E-state index is 3.69. The number of hydrogen-bond acceptors (Lipinski definition) is 2. The van der Waals surface area contributed by atoms with Crippen LogP contribution in [-0.4, -0.2) is 37.6 Å². The highest BCUT2D eigenvalue weighted by Gasteiger charge is 2.28. The highest BCUT2D eigenvalue weighted by atomic mass is 15.1. The Morgan fingerprint density at radius 3 is 2.38 bits per heavy atom. The largest absolute Gasteiger partial charge is 0.312 e. The third kappa shape index (κ3) is 5.31. The van der Waals surface area contributed by atoms with E-state index >= 15 is 0 Å². The second-order valence-electron chi connectivity index (χ2n) is 6.54. The van der Waals surface area contributed by atoms with Gasteiger partial charge in [-0.15, -0.1) is 0 Å². The molecular weight excluding hydrogens is 196 g/mol. The molecule has 0 aromatic heterocycles. The van der Waals surface area contributed by atoms with Crippen molar-refractivity contribution in [2.75, 3.05) is 26.7 Å². The van der Waals surface area contributed by atoms with Crippen LogP contribution in [-0.2, 0) is 0 Å². The lowest BCUT2D eigenvalue weighted by Crippen LogP contribution is -2.48. The van der Waals surface area contributed by atoms with E-state index in [1.807, 2.05) is 0 Å². The van der Waals surface area contributed by atoms with Crippen molar-refractivity contribution >= 4 is 0 Å². The number of nitrogens with zero attached hydrogens (tertiary/aromatic N) is 1. The fourth-order valence-electron chi connectivity index (χ4n) is 2.09.